The molecule has 1 amide bonds. The van der Waals surface area contributed by atoms with Crippen LogP contribution in [0.3, 0.4) is 0 Å². The molecular weight excluding hydrogens is 377 g/mol. The number of carbonyl (C=O) groups excluding carboxylic acids is 1. The molecule has 4 rings (SSSR count). The van der Waals surface area contributed by atoms with Crippen LogP contribution in [-0.2, 0) is 11.2 Å². The fraction of sp³-hybridized carbons (Fsp3) is 0.192. The predicted octanol–water partition coefficient (Wildman–Crippen LogP) is 5.19. The SMILES string of the molecule is COc1ccc2c(c1)CCC(c1ccc(F)cc1)C2c1ccc(C=CC(N)=O)cc1. The van der Waals surface area contributed by atoms with Crippen molar-refractivity contribution in [1.29, 1.82) is 0 Å². The molecule has 0 bridgehead atoms. The average molecular weight is 401 g/mol. The van der Waals surface area contributed by atoms with E-state index in [2.05, 4.69) is 24.3 Å². The molecule has 2 N–H and O–H groups in total. The largest absolute Gasteiger partial charge is 0.497 e. The van der Waals surface area contributed by atoms with Crippen LogP contribution in [0.5, 0.6) is 5.75 Å². The molecule has 30 heavy (non-hydrogen) atoms. The van der Waals surface area contributed by atoms with Crippen LogP contribution < -0.4 is 10.5 Å². The number of halogens is 1. The summed E-state index contributed by atoms with van der Waals surface area (Å²) in [7, 11) is 1.68. The van der Waals surface area contributed by atoms with Gasteiger partial charge in [0.15, 0.2) is 0 Å². The first-order chi connectivity index (χ1) is 14.5. The Kier molecular flexibility index (Phi) is 5.66. The number of benzene rings is 3. The molecule has 152 valence electrons. The van der Waals surface area contributed by atoms with Gasteiger partial charge in [0.2, 0.25) is 5.91 Å². The number of rotatable bonds is 5. The summed E-state index contributed by atoms with van der Waals surface area (Å²) in [5.41, 5.74) is 11.0. The van der Waals surface area contributed by atoms with Crippen molar-refractivity contribution in [2.45, 2.75) is 24.7 Å². The van der Waals surface area contributed by atoms with Crippen molar-refractivity contribution in [3.05, 3.63) is 106 Å². The third-order valence-electron chi connectivity index (χ3n) is 5.85. The van der Waals surface area contributed by atoms with Crippen LogP contribution in [0.2, 0.25) is 0 Å². The molecule has 0 saturated heterocycles. The maximum Gasteiger partial charge on any atom is 0.241 e. The van der Waals surface area contributed by atoms with Gasteiger partial charge in [-0.15, -0.1) is 0 Å². The predicted molar refractivity (Wildman–Crippen MR) is 117 cm³/mol. The Balaban J connectivity index is 1.76. The van der Waals surface area contributed by atoms with Crippen molar-refractivity contribution < 1.29 is 13.9 Å². The Labute approximate surface area is 176 Å². The van der Waals surface area contributed by atoms with E-state index in [1.54, 1.807) is 13.2 Å². The standard InChI is InChI=1S/C26H24FNO2/c1-30-22-12-14-24-20(16-22)9-13-23(18-7-10-21(27)11-8-18)26(24)19-5-2-17(3-6-19)4-15-25(28)29/h2-8,10-12,14-16,23,26H,9,13H2,1H3,(H2,28,29). The van der Waals surface area contributed by atoms with E-state index in [1.807, 2.05) is 30.3 Å². The zero-order chi connectivity index (χ0) is 21.1. The van der Waals surface area contributed by atoms with Gasteiger partial charge in [0.1, 0.15) is 11.6 Å². The molecule has 1 aliphatic carbocycles. The van der Waals surface area contributed by atoms with Crippen LogP contribution >= 0.6 is 0 Å². The summed E-state index contributed by atoms with van der Waals surface area (Å²) >= 11 is 0. The summed E-state index contributed by atoms with van der Waals surface area (Å²) in [6, 6.07) is 21.3. The highest BCUT2D eigenvalue weighted by Crippen LogP contribution is 2.47. The smallest absolute Gasteiger partial charge is 0.241 e. The minimum Gasteiger partial charge on any atom is -0.497 e. The van der Waals surface area contributed by atoms with Crippen molar-refractivity contribution >= 4 is 12.0 Å². The number of fused-ring (bicyclic) bond motifs is 1. The number of carbonyl (C=O) groups is 1. The molecule has 4 heteroatoms. The molecule has 0 aromatic heterocycles. The number of methoxy groups -OCH3 is 1. The summed E-state index contributed by atoms with van der Waals surface area (Å²) in [6.45, 7) is 0. The van der Waals surface area contributed by atoms with Crippen molar-refractivity contribution in [3.63, 3.8) is 0 Å². The van der Waals surface area contributed by atoms with Crippen LogP contribution in [0.1, 0.15) is 46.1 Å². The summed E-state index contributed by atoms with van der Waals surface area (Å²) in [4.78, 5) is 11.0. The molecule has 0 fully saturated rings. The molecule has 2 unspecified atom stereocenters. The first-order valence-electron chi connectivity index (χ1n) is 10.0. The maximum atomic E-state index is 13.5. The van der Waals surface area contributed by atoms with Gasteiger partial charge in [0, 0.05) is 12.0 Å². The number of aryl methyl sites for hydroxylation is 1. The van der Waals surface area contributed by atoms with Crippen molar-refractivity contribution in [2.75, 3.05) is 7.11 Å². The highest BCUT2D eigenvalue weighted by Gasteiger charge is 2.32. The van der Waals surface area contributed by atoms with E-state index in [0.717, 1.165) is 29.7 Å². The Bertz CT molecular complexity index is 1070. The van der Waals surface area contributed by atoms with E-state index in [-0.39, 0.29) is 17.7 Å². The van der Waals surface area contributed by atoms with Gasteiger partial charge in [0.05, 0.1) is 7.11 Å². The molecule has 2 atom stereocenters. The molecule has 0 saturated carbocycles. The Morgan fingerprint density at radius 2 is 1.73 bits per heavy atom. The number of hydrogen-bond acceptors (Lipinski definition) is 2. The summed E-state index contributed by atoms with van der Waals surface area (Å²) in [5.74, 6) is 0.574. The molecular formula is C26H24FNO2. The van der Waals surface area contributed by atoms with Crippen molar-refractivity contribution in [2.24, 2.45) is 5.73 Å². The third kappa shape index (κ3) is 4.13. The molecule has 3 aromatic carbocycles. The highest BCUT2D eigenvalue weighted by atomic mass is 19.1. The topological polar surface area (TPSA) is 52.3 Å². The first-order valence-corrected chi connectivity index (χ1v) is 10.0. The molecule has 1 aliphatic rings. The number of nitrogens with two attached hydrogens (primary N) is 1. The second-order valence-electron chi connectivity index (χ2n) is 7.64. The number of amides is 1. The minimum atomic E-state index is -0.467. The summed E-state index contributed by atoms with van der Waals surface area (Å²) < 4.78 is 18.9. The Morgan fingerprint density at radius 3 is 2.40 bits per heavy atom. The first kappa shape index (κ1) is 19.9. The van der Waals surface area contributed by atoms with Crippen molar-refractivity contribution in [3.8, 4) is 5.75 Å². The van der Waals surface area contributed by atoms with Crippen LogP contribution in [-0.4, -0.2) is 13.0 Å². The Morgan fingerprint density at radius 1 is 1.03 bits per heavy atom. The minimum absolute atomic E-state index is 0.152. The van der Waals surface area contributed by atoms with Crippen LogP contribution in [0.15, 0.2) is 72.8 Å². The zero-order valence-corrected chi connectivity index (χ0v) is 16.8. The molecule has 3 aromatic rings. The summed E-state index contributed by atoms with van der Waals surface area (Å²) in [5, 5.41) is 0. The molecule has 3 nitrogen and oxygen atoms in total. The maximum absolute atomic E-state index is 13.5. The van der Waals surface area contributed by atoms with Gasteiger partial charge in [-0.1, -0.05) is 42.5 Å². The second-order valence-corrected chi connectivity index (χ2v) is 7.64. The third-order valence-corrected chi connectivity index (χ3v) is 5.85. The fourth-order valence-corrected chi connectivity index (χ4v) is 4.40. The molecule has 0 aliphatic heterocycles. The molecule has 0 heterocycles. The Hall–Kier alpha value is -3.40. The lowest BCUT2D eigenvalue weighted by atomic mass is 9.69. The van der Waals surface area contributed by atoms with Gasteiger partial charge in [-0.05, 0) is 76.9 Å². The van der Waals surface area contributed by atoms with Crippen LogP contribution in [0.4, 0.5) is 4.39 Å². The fourth-order valence-electron chi connectivity index (χ4n) is 4.40. The second kappa shape index (κ2) is 8.54. The highest BCUT2D eigenvalue weighted by molar-refractivity contribution is 5.90. The monoisotopic (exact) mass is 401 g/mol. The lowest BCUT2D eigenvalue weighted by molar-refractivity contribution is -0.113. The van der Waals surface area contributed by atoms with E-state index < -0.39 is 5.91 Å². The van der Waals surface area contributed by atoms with Crippen molar-refractivity contribution in [1.82, 2.24) is 0 Å². The van der Waals surface area contributed by atoms with Crippen LogP contribution in [0.25, 0.3) is 6.08 Å². The quantitative estimate of drug-likeness (QED) is 0.598. The van der Waals surface area contributed by atoms with Gasteiger partial charge in [-0.3, -0.25) is 4.79 Å². The van der Waals surface area contributed by atoms with Gasteiger partial charge in [-0.2, -0.15) is 0 Å². The number of hydrogen-bond donors (Lipinski definition) is 1. The molecule has 0 radical (unpaired) electrons. The number of primary amides is 1. The lowest BCUT2D eigenvalue weighted by Crippen LogP contribution is -2.20. The van der Waals surface area contributed by atoms with Crippen LogP contribution in [0, 0.1) is 5.82 Å². The van der Waals surface area contributed by atoms with Gasteiger partial charge in [-0.25, -0.2) is 4.39 Å². The van der Waals surface area contributed by atoms with E-state index in [9.17, 15) is 9.18 Å². The van der Waals surface area contributed by atoms with E-state index in [4.69, 9.17) is 10.5 Å². The number of ether oxygens (including phenoxy) is 1. The lowest BCUT2D eigenvalue weighted by Gasteiger charge is -2.35. The van der Waals surface area contributed by atoms with E-state index in [0.29, 0.717) is 0 Å². The van der Waals surface area contributed by atoms with Gasteiger partial charge in [0.25, 0.3) is 0 Å². The average Bonchev–Trinajstić information content (AvgIpc) is 2.77. The zero-order valence-electron chi connectivity index (χ0n) is 16.8. The summed E-state index contributed by atoms with van der Waals surface area (Å²) in [6.07, 6.45) is 4.99. The van der Waals surface area contributed by atoms with E-state index >= 15 is 0 Å². The van der Waals surface area contributed by atoms with Gasteiger partial charge >= 0.3 is 0 Å². The molecule has 0 spiro atoms. The normalized spacial score (nSPS) is 18.2. The van der Waals surface area contributed by atoms with E-state index in [1.165, 1.54) is 34.9 Å². The van der Waals surface area contributed by atoms with Gasteiger partial charge < -0.3 is 10.5 Å².